The lowest BCUT2D eigenvalue weighted by molar-refractivity contribution is 0.0472. The van der Waals surface area contributed by atoms with E-state index in [-0.39, 0.29) is 17.2 Å². The number of carbonyl (C=O) groups is 1. The Labute approximate surface area is 114 Å². The van der Waals surface area contributed by atoms with Crippen LogP contribution in [0.5, 0.6) is 0 Å². The van der Waals surface area contributed by atoms with Crippen LogP contribution >= 0.6 is 11.6 Å². The van der Waals surface area contributed by atoms with Gasteiger partial charge in [-0.25, -0.2) is 9.18 Å². The summed E-state index contributed by atoms with van der Waals surface area (Å²) < 4.78 is 17.9. The highest BCUT2D eigenvalue weighted by Gasteiger charge is 2.12. The lowest BCUT2D eigenvalue weighted by Crippen LogP contribution is -2.06. The quantitative estimate of drug-likeness (QED) is 0.693. The summed E-state index contributed by atoms with van der Waals surface area (Å²) in [6.07, 6.45) is 2.49. The van der Waals surface area contributed by atoms with Crippen molar-refractivity contribution in [2.75, 3.05) is 5.73 Å². The smallest absolute Gasteiger partial charge is 0.339 e. The molecule has 0 fully saturated rings. The van der Waals surface area contributed by atoms with Crippen LogP contribution in [0, 0.1) is 5.82 Å². The molecule has 1 aromatic heterocycles. The molecule has 0 radical (unpaired) electrons. The van der Waals surface area contributed by atoms with Gasteiger partial charge < -0.3 is 10.5 Å². The molecular formula is C13H10ClFN2O2. The molecule has 4 nitrogen and oxygen atoms in total. The summed E-state index contributed by atoms with van der Waals surface area (Å²) in [7, 11) is 0. The zero-order chi connectivity index (χ0) is 13.8. The van der Waals surface area contributed by atoms with E-state index >= 15 is 0 Å². The van der Waals surface area contributed by atoms with E-state index in [9.17, 15) is 9.18 Å². The number of nitrogens with zero attached hydrogens (tertiary/aromatic N) is 1. The highest BCUT2D eigenvalue weighted by Crippen LogP contribution is 2.20. The van der Waals surface area contributed by atoms with Crippen LogP contribution in [0.1, 0.15) is 15.9 Å². The van der Waals surface area contributed by atoms with E-state index in [0.717, 1.165) is 6.20 Å². The molecule has 98 valence electrons. The molecule has 1 aromatic carbocycles. The predicted molar refractivity (Wildman–Crippen MR) is 69.2 cm³/mol. The fraction of sp³-hybridized carbons (Fsp3) is 0.0769. The Hall–Kier alpha value is -2.14. The van der Waals surface area contributed by atoms with E-state index in [0.29, 0.717) is 11.3 Å². The minimum Gasteiger partial charge on any atom is -0.457 e. The fourth-order valence-corrected chi connectivity index (χ4v) is 1.72. The Morgan fingerprint density at radius 2 is 2.16 bits per heavy atom. The van der Waals surface area contributed by atoms with Crippen LogP contribution in [-0.4, -0.2) is 11.0 Å². The molecule has 2 aromatic rings. The van der Waals surface area contributed by atoms with E-state index in [2.05, 4.69) is 4.98 Å². The van der Waals surface area contributed by atoms with Gasteiger partial charge in [-0.05, 0) is 24.3 Å². The largest absolute Gasteiger partial charge is 0.457 e. The summed E-state index contributed by atoms with van der Waals surface area (Å²) in [4.78, 5) is 15.4. The predicted octanol–water partition coefficient (Wildman–Crippen LogP) is 2.81. The third kappa shape index (κ3) is 3.42. The molecule has 0 amide bonds. The minimum absolute atomic E-state index is 0.0791. The summed E-state index contributed by atoms with van der Waals surface area (Å²) in [5.41, 5.74) is 6.64. The van der Waals surface area contributed by atoms with Gasteiger partial charge >= 0.3 is 5.97 Å². The van der Waals surface area contributed by atoms with Crippen molar-refractivity contribution in [2.45, 2.75) is 6.61 Å². The van der Waals surface area contributed by atoms with E-state index in [1.165, 1.54) is 24.4 Å². The number of benzene rings is 1. The number of carbonyl (C=O) groups excluding carboxylic acids is 1. The van der Waals surface area contributed by atoms with Crippen molar-refractivity contribution in [3.05, 3.63) is 58.6 Å². The summed E-state index contributed by atoms with van der Waals surface area (Å²) in [6, 6.07) is 5.72. The third-order valence-corrected chi connectivity index (χ3v) is 2.66. The number of hydrogen-bond donors (Lipinski definition) is 1. The second-order valence-electron chi connectivity index (χ2n) is 3.83. The van der Waals surface area contributed by atoms with Gasteiger partial charge in [0.25, 0.3) is 0 Å². The maximum atomic E-state index is 12.9. The summed E-state index contributed by atoms with van der Waals surface area (Å²) >= 11 is 5.88. The molecule has 0 unspecified atom stereocenters. The molecule has 0 bridgehead atoms. The number of ether oxygens (including phenoxy) is 1. The first-order chi connectivity index (χ1) is 9.06. The second kappa shape index (κ2) is 5.67. The van der Waals surface area contributed by atoms with E-state index in [1.54, 1.807) is 6.07 Å². The molecule has 0 aliphatic carbocycles. The number of hydrogen-bond acceptors (Lipinski definition) is 4. The van der Waals surface area contributed by atoms with Gasteiger partial charge in [0.15, 0.2) is 0 Å². The maximum Gasteiger partial charge on any atom is 0.339 e. The SMILES string of the molecule is Nc1ccc(C(=O)OCc2cncc(F)c2)c(Cl)c1. The van der Waals surface area contributed by atoms with Crippen molar-refractivity contribution in [3.8, 4) is 0 Å². The molecule has 0 aliphatic heterocycles. The van der Waals surface area contributed by atoms with E-state index in [1.807, 2.05) is 0 Å². The fourth-order valence-electron chi connectivity index (χ4n) is 1.46. The van der Waals surface area contributed by atoms with Crippen LogP contribution in [-0.2, 0) is 11.3 Å². The van der Waals surface area contributed by atoms with Crippen molar-refractivity contribution in [1.82, 2.24) is 4.98 Å². The number of nitrogens with two attached hydrogens (primary N) is 1. The number of rotatable bonds is 3. The standard InChI is InChI=1S/C13H10ClFN2O2/c14-12-4-10(16)1-2-11(12)13(18)19-7-8-3-9(15)6-17-5-8/h1-6H,7,16H2. The number of nitrogen functional groups attached to an aromatic ring is 1. The molecule has 2 N–H and O–H groups in total. The normalized spacial score (nSPS) is 10.2. The highest BCUT2D eigenvalue weighted by atomic mass is 35.5. The Balaban J connectivity index is 2.05. The first-order valence-corrected chi connectivity index (χ1v) is 5.75. The van der Waals surface area contributed by atoms with Gasteiger partial charge in [-0.1, -0.05) is 11.6 Å². The Morgan fingerprint density at radius 3 is 2.84 bits per heavy atom. The monoisotopic (exact) mass is 280 g/mol. The number of aromatic nitrogens is 1. The molecule has 2 rings (SSSR count). The number of halogens is 2. The van der Waals surface area contributed by atoms with Crippen LogP contribution in [0.4, 0.5) is 10.1 Å². The third-order valence-electron chi connectivity index (χ3n) is 2.34. The van der Waals surface area contributed by atoms with Crippen LogP contribution < -0.4 is 5.73 Å². The van der Waals surface area contributed by atoms with Gasteiger partial charge in [-0.15, -0.1) is 0 Å². The zero-order valence-electron chi connectivity index (χ0n) is 9.77. The molecule has 0 saturated heterocycles. The Morgan fingerprint density at radius 1 is 1.37 bits per heavy atom. The number of anilines is 1. The van der Waals surface area contributed by atoms with Crippen molar-refractivity contribution in [1.29, 1.82) is 0 Å². The van der Waals surface area contributed by atoms with Crippen LogP contribution in [0.3, 0.4) is 0 Å². The van der Waals surface area contributed by atoms with Crippen molar-refractivity contribution < 1.29 is 13.9 Å². The van der Waals surface area contributed by atoms with Gasteiger partial charge in [0, 0.05) is 17.4 Å². The lowest BCUT2D eigenvalue weighted by atomic mass is 10.2. The highest BCUT2D eigenvalue weighted by molar-refractivity contribution is 6.33. The van der Waals surface area contributed by atoms with Gasteiger partial charge in [0.1, 0.15) is 12.4 Å². The summed E-state index contributed by atoms with van der Waals surface area (Å²) in [6.45, 7) is -0.0791. The topological polar surface area (TPSA) is 65.2 Å². The van der Waals surface area contributed by atoms with Crippen molar-refractivity contribution >= 4 is 23.3 Å². The first-order valence-electron chi connectivity index (χ1n) is 5.38. The molecule has 0 saturated carbocycles. The molecule has 0 atom stereocenters. The van der Waals surface area contributed by atoms with Crippen molar-refractivity contribution in [3.63, 3.8) is 0 Å². The number of pyridine rings is 1. The lowest BCUT2D eigenvalue weighted by Gasteiger charge is -2.06. The molecule has 0 aliphatic rings. The van der Waals surface area contributed by atoms with E-state index < -0.39 is 11.8 Å². The second-order valence-corrected chi connectivity index (χ2v) is 4.23. The van der Waals surface area contributed by atoms with Crippen LogP contribution in [0.25, 0.3) is 0 Å². The maximum absolute atomic E-state index is 12.9. The van der Waals surface area contributed by atoms with Gasteiger partial charge in [-0.2, -0.15) is 0 Å². The molecule has 1 heterocycles. The zero-order valence-corrected chi connectivity index (χ0v) is 10.5. The summed E-state index contributed by atoms with van der Waals surface area (Å²) in [5, 5.41) is 0.211. The van der Waals surface area contributed by atoms with Crippen molar-refractivity contribution in [2.24, 2.45) is 0 Å². The molecule has 0 spiro atoms. The van der Waals surface area contributed by atoms with Gasteiger partial charge in [0.05, 0.1) is 16.8 Å². The van der Waals surface area contributed by atoms with E-state index in [4.69, 9.17) is 22.1 Å². The van der Waals surface area contributed by atoms with Crippen LogP contribution in [0.15, 0.2) is 36.7 Å². The van der Waals surface area contributed by atoms with Crippen LogP contribution in [0.2, 0.25) is 5.02 Å². The minimum atomic E-state index is -0.603. The molecule has 19 heavy (non-hydrogen) atoms. The van der Waals surface area contributed by atoms with Gasteiger partial charge in [0.2, 0.25) is 0 Å². The average molecular weight is 281 g/mol. The average Bonchev–Trinajstić information content (AvgIpc) is 2.36. The molecular weight excluding hydrogens is 271 g/mol. The van der Waals surface area contributed by atoms with Gasteiger partial charge in [-0.3, -0.25) is 4.98 Å². The first kappa shape index (κ1) is 13.3. The summed E-state index contributed by atoms with van der Waals surface area (Å²) in [5.74, 6) is -1.09. The number of esters is 1. The Bertz CT molecular complexity index is 619. The Kier molecular flexibility index (Phi) is 3.97. The molecule has 6 heteroatoms.